The molecule has 0 fully saturated rings. The molecule has 1 aromatic rings. The van der Waals surface area contributed by atoms with Crippen molar-refractivity contribution in [2.45, 2.75) is 31.9 Å². The highest BCUT2D eigenvalue weighted by Gasteiger charge is 2.13. The number of benzene rings is 1. The Hall–Kier alpha value is -0.960. The van der Waals surface area contributed by atoms with E-state index < -0.39 is 0 Å². The maximum absolute atomic E-state index is 7.46. The molecule has 0 heterocycles. The van der Waals surface area contributed by atoms with Crippen molar-refractivity contribution in [1.29, 1.82) is 5.41 Å². The molecule has 3 N–H and O–H groups in total. The highest BCUT2D eigenvalue weighted by Crippen LogP contribution is 2.32. The Kier molecular flexibility index (Phi) is 6.12. The van der Waals surface area contributed by atoms with E-state index in [0.29, 0.717) is 11.7 Å². The summed E-state index contributed by atoms with van der Waals surface area (Å²) in [4.78, 5) is 0. The van der Waals surface area contributed by atoms with Gasteiger partial charge in [0.15, 0.2) is 0 Å². The van der Waals surface area contributed by atoms with Crippen LogP contribution < -0.4 is 5.73 Å². The van der Waals surface area contributed by atoms with Gasteiger partial charge in [-0.25, -0.2) is 0 Å². The lowest BCUT2D eigenvalue weighted by Crippen LogP contribution is -2.13. The van der Waals surface area contributed by atoms with Crippen molar-refractivity contribution in [3.63, 3.8) is 0 Å². The first-order valence-corrected chi connectivity index (χ1v) is 7.14. The number of nitrogens with two attached hydrogens (primary N) is 1. The topological polar surface area (TPSA) is 49.9 Å². The number of rotatable bonds is 7. The van der Waals surface area contributed by atoms with E-state index in [-0.39, 0.29) is 5.84 Å². The second-order valence-electron chi connectivity index (χ2n) is 4.68. The van der Waals surface area contributed by atoms with Crippen molar-refractivity contribution < 1.29 is 0 Å². The maximum atomic E-state index is 7.46. The van der Waals surface area contributed by atoms with E-state index in [4.69, 9.17) is 11.1 Å². The number of amidine groups is 1. The van der Waals surface area contributed by atoms with Gasteiger partial charge in [0.25, 0.3) is 0 Å². The van der Waals surface area contributed by atoms with Gasteiger partial charge in [0.2, 0.25) is 0 Å². The van der Waals surface area contributed by atoms with E-state index in [1.165, 1.54) is 12.0 Å². The number of nitrogens with one attached hydrogen (secondary N) is 1. The molecule has 3 heteroatoms. The predicted molar refractivity (Wildman–Crippen MR) is 77.6 cm³/mol. The van der Waals surface area contributed by atoms with E-state index in [1.807, 2.05) is 30.0 Å². The van der Waals surface area contributed by atoms with E-state index in [9.17, 15) is 0 Å². The van der Waals surface area contributed by atoms with Gasteiger partial charge in [0.1, 0.15) is 0 Å². The van der Waals surface area contributed by atoms with E-state index in [1.54, 1.807) is 0 Å². The van der Waals surface area contributed by atoms with Crippen LogP contribution in [0.3, 0.4) is 0 Å². The molecular formula is C14H22N2S. The normalized spacial score (nSPS) is 12.6. The van der Waals surface area contributed by atoms with Gasteiger partial charge in [-0.2, -0.15) is 11.8 Å². The minimum atomic E-state index is 0.274. The maximum Gasteiger partial charge on any atom is 0.0919 e. The molecule has 0 bridgehead atoms. The first-order chi connectivity index (χ1) is 8.09. The summed E-state index contributed by atoms with van der Waals surface area (Å²) in [6, 6.07) is 10.4. The zero-order chi connectivity index (χ0) is 12.7. The minimum Gasteiger partial charge on any atom is -0.388 e. The first kappa shape index (κ1) is 14.1. The second kappa shape index (κ2) is 7.38. The summed E-state index contributed by atoms with van der Waals surface area (Å²) in [5.74, 6) is 2.14. The lowest BCUT2D eigenvalue weighted by Gasteiger charge is -2.17. The fourth-order valence-electron chi connectivity index (χ4n) is 1.59. The fraction of sp³-hybridized carbons (Fsp3) is 0.500. The largest absolute Gasteiger partial charge is 0.388 e. The molecule has 0 spiro atoms. The summed E-state index contributed by atoms with van der Waals surface area (Å²) >= 11 is 1.91. The van der Waals surface area contributed by atoms with Crippen LogP contribution in [-0.2, 0) is 0 Å². The van der Waals surface area contributed by atoms with Gasteiger partial charge < -0.3 is 5.73 Å². The van der Waals surface area contributed by atoms with Gasteiger partial charge in [-0.15, -0.1) is 0 Å². The van der Waals surface area contributed by atoms with Crippen LogP contribution in [0.2, 0.25) is 0 Å². The Morgan fingerprint density at radius 2 is 1.94 bits per heavy atom. The molecule has 0 radical (unpaired) electrons. The quantitative estimate of drug-likeness (QED) is 0.570. The van der Waals surface area contributed by atoms with Crippen LogP contribution in [0.1, 0.15) is 37.5 Å². The summed E-state index contributed by atoms with van der Waals surface area (Å²) in [7, 11) is 0. The summed E-state index contributed by atoms with van der Waals surface area (Å²) in [5.41, 5.74) is 6.81. The van der Waals surface area contributed by atoms with Gasteiger partial charge >= 0.3 is 0 Å². The molecule has 17 heavy (non-hydrogen) atoms. The molecule has 94 valence electrons. The second-order valence-corrected chi connectivity index (χ2v) is 5.99. The van der Waals surface area contributed by atoms with Crippen molar-refractivity contribution in [3.05, 3.63) is 35.9 Å². The molecule has 0 aliphatic rings. The summed E-state index contributed by atoms with van der Waals surface area (Å²) in [6.45, 7) is 4.48. The third-order valence-corrected chi connectivity index (χ3v) is 3.90. The van der Waals surface area contributed by atoms with Crippen LogP contribution in [0.15, 0.2) is 30.3 Å². The van der Waals surface area contributed by atoms with Crippen LogP contribution in [0.4, 0.5) is 0 Å². The molecule has 0 aromatic heterocycles. The van der Waals surface area contributed by atoms with Crippen molar-refractivity contribution >= 4 is 17.6 Å². The molecule has 0 amide bonds. The average molecular weight is 250 g/mol. The Morgan fingerprint density at radius 3 is 2.47 bits per heavy atom. The van der Waals surface area contributed by atoms with E-state index in [0.717, 1.165) is 11.7 Å². The molecule has 0 saturated heterocycles. The zero-order valence-electron chi connectivity index (χ0n) is 10.6. The third-order valence-electron chi connectivity index (χ3n) is 2.59. The standard InChI is InChI=1S/C14H22N2S/c1-11(2)8-9-17-13(10-14(15)16)12-6-4-3-5-7-12/h3-7,11,13H,8-10H2,1-2H3,(H3,15,16). The molecular weight excluding hydrogens is 228 g/mol. The fourth-order valence-corrected chi connectivity index (χ4v) is 3.13. The van der Waals surface area contributed by atoms with Crippen molar-refractivity contribution in [2.24, 2.45) is 11.7 Å². The first-order valence-electron chi connectivity index (χ1n) is 6.09. The molecule has 1 rings (SSSR count). The Bertz CT molecular complexity index is 335. The number of hydrogen-bond donors (Lipinski definition) is 2. The molecule has 2 nitrogen and oxygen atoms in total. The third kappa shape index (κ3) is 5.78. The van der Waals surface area contributed by atoms with Gasteiger partial charge in [-0.1, -0.05) is 44.2 Å². The Morgan fingerprint density at radius 1 is 1.29 bits per heavy atom. The average Bonchev–Trinajstić information content (AvgIpc) is 2.28. The Labute approximate surface area is 108 Å². The summed E-state index contributed by atoms with van der Waals surface area (Å²) in [6.07, 6.45) is 1.86. The Balaban J connectivity index is 2.58. The van der Waals surface area contributed by atoms with E-state index in [2.05, 4.69) is 26.0 Å². The molecule has 1 unspecified atom stereocenters. The van der Waals surface area contributed by atoms with Crippen molar-refractivity contribution in [1.82, 2.24) is 0 Å². The highest BCUT2D eigenvalue weighted by molar-refractivity contribution is 7.99. The summed E-state index contributed by atoms with van der Waals surface area (Å²) in [5, 5.41) is 7.78. The van der Waals surface area contributed by atoms with Gasteiger partial charge in [-0.3, -0.25) is 5.41 Å². The smallest absolute Gasteiger partial charge is 0.0919 e. The van der Waals surface area contributed by atoms with Crippen molar-refractivity contribution in [2.75, 3.05) is 5.75 Å². The van der Waals surface area contributed by atoms with Gasteiger partial charge in [0, 0.05) is 11.7 Å². The van der Waals surface area contributed by atoms with Crippen LogP contribution in [0.25, 0.3) is 0 Å². The molecule has 0 aliphatic heterocycles. The van der Waals surface area contributed by atoms with Crippen LogP contribution in [-0.4, -0.2) is 11.6 Å². The van der Waals surface area contributed by atoms with Crippen molar-refractivity contribution in [3.8, 4) is 0 Å². The monoisotopic (exact) mass is 250 g/mol. The van der Waals surface area contributed by atoms with Crippen LogP contribution in [0, 0.1) is 11.3 Å². The SMILES string of the molecule is CC(C)CCSC(CC(=N)N)c1ccccc1. The highest BCUT2D eigenvalue weighted by atomic mass is 32.2. The van der Waals surface area contributed by atoms with Gasteiger partial charge in [0.05, 0.1) is 5.84 Å². The molecule has 0 saturated carbocycles. The van der Waals surface area contributed by atoms with Gasteiger partial charge in [-0.05, 0) is 23.7 Å². The predicted octanol–water partition coefficient (Wildman–Crippen LogP) is 3.83. The molecule has 1 aromatic carbocycles. The lowest BCUT2D eigenvalue weighted by molar-refractivity contribution is 0.631. The number of thioether (sulfide) groups is 1. The van der Waals surface area contributed by atoms with E-state index >= 15 is 0 Å². The van der Waals surface area contributed by atoms with Crippen LogP contribution in [0.5, 0.6) is 0 Å². The molecule has 1 atom stereocenters. The summed E-state index contributed by atoms with van der Waals surface area (Å²) < 4.78 is 0. The molecule has 0 aliphatic carbocycles. The minimum absolute atomic E-state index is 0.274. The lowest BCUT2D eigenvalue weighted by atomic mass is 10.1. The van der Waals surface area contributed by atoms with Crippen LogP contribution >= 0.6 is 11.8 Å². The zero-order valence-corrected chi connectivity index (χ0v) is 11.5. The number of hydrogen-bond acceptors (Lipinski definition) is 2.